The van der Waals surface area contributed by atoms with Crippen LogP contribution >= 0.6 is 12.6 Å². The van der Waals surface area contributed by atoms with E-state index >= 15 is 0 Å². The number of hydrogen-bond acceptors (Lipinski definition) is 2. The Morgan fingerprint density at radius 2 is 1.19 bits per heavy atom. The topological polar surface area (TPSA) is 90.8 Å². The second kappa shape index (κ2) is 9.85. The summed E-state index contributed by atoms with van der Waals surface area (Å²) in [5.74, 6) is -0.120. The Labute approximate surface area is 164 Å². The van der Waals surface area contributed by atoms with Gasteiger partial charge in [-0.1, -0.05) is 91.5 Å². The molecule has 0 radical (unpaired) electrons. The van der Waals surface area contributed by atoms with E-state index < -0.39 is 10.1 Å². The third-order valence-electron chi connectivity index (χ3n) is 3.67. The normalized spacial score (nSPS) is 10.5. The van der Waals surface area contributed by atoms with Crippen molar-refractivity contribution < 1.29 is 17.8 Å². The molecule has 138 valence electrons. The van der Waals surface area contributed by atoms with Crippen molar-refractivity contribution in [2.75, 3.05) is 0 Å². The van der Waals surface area contributed by atoms with Gasteiger partial charge in [0.2, 0.25) is 0 Å². The first-order chi connectivity index (χ1) is 12.9. The van der Waals surface area contributed by atoms with Crippen LogP contribution in [0.25, 0.3) is 5.53 Å². The quantitative estimate of drug-likeness (QED) is 0.171. The lowest BCUT2D eigenvalue weighted by molar-refractivity contribution is -0.00277. The van der Waals surface area contributed by atoms with Gasteiger partial charge < -0.3 is 5.53 Å². The van der Waals surface area contributed by atoms with E-state index in [-0.39, 0.29) is 10.8 Å². The molecule has 0 atom stereocenters. The third-order valence-corrected chi connectivity index (χ3v) is 4.88. The second-order valence-corrected chi connectivity index (χ2v) is 7.38. The Morgan fingerprint density at radius 3 is 1.48 bits per heavy atom. The number of hydrogen-bond donors (Lipinski definition) is 2. The van der Waals surface area contributed by atoms with Crippen LogP contribution in [0.1, 0.15) is 17.0 Å². The summed E-state index contributed by atoms with van der Waals surface area (Å²) >= 11 is 4.25. The maximum atomic E-state index is 10.4. The van der Waals surface area contributed by atoms with Crippen molar-refractivity contribution in [2.24, 2.45) is 0 Å². The van der Waals surface area contributed by atoms with E-state index in [1.165, 1.54) is 12.1 Å². The minimum atomic E-state index is -4.00. The number of benzene rings is 3. The van der Waals surface area contributed by atoms with Crippen LogP contribution in [0.2, 0.25) is 0 Å². The summed E-state index contributed by atoms with van der Waals surface area (Å²) in [5.41, 5.74) is 11.1. The Kier molecular flexibility index (Phi) is 7.52. The highest BCUT2D eigenvalue weighted by molar-refractivity contribution is 7.96. The van der Waals surface area contributed by atoms with Crippen LogP contribution in [-0.2, 0) is 10.1 Å². The zero-order valence-electron chi connectivity index (χ0n) is 14.3. The van der Waals surface area contributed by atoms with Crippen molar-refractivity contribution in [1.82, 2.24) is 0 Å². The molecule has 5 nitrogen and oxygen atoms in total. The molecule has 27 heavy (non-hydrogen) atoms. The molecule has 0 unspecified atom stereocenters. The maximum absolute atomic E-state index is 10.4. The van der Waals surface area contributed by atoms with Crippen molar-refractivity contribution in [3.05, 3.63) is 108 Å². The molecule has 0 aliphatic rings. The molecule has 0 heterocycles. The van der Waals surface area contributed by atoms with Crippen molar-refractivity contribution in [1.29, 1.82) is 0 Å². The molecule has 3 aromatic rings. The van der Waals surface area contributed by atoms with Gasteiger partial charge in [0.15, 0.2) is 0 Å². The monoisotopic (exact) mass is 398 g/mol. The Hall–Kier alpha value is -2.70. The molecule has 0 aliphatic heterocycles. The molecule has 3 rings (SSSR count). The summed E-state index contributed by atoms with van der Waals surface area (Å²) in [6.45, 7) is 0. The van der Waals surface area contributed by atoms with E-state index in [1.54, 1.807) is 18.2 Å². The number of thiol groups is 1. The van der Waals surface area contributed by atoms with E-state index in [4.69, 9.17) is 10.1 Å². The van der Waals surface area contributed by atoms with Gasteiger partial charge in [0.25, 0.3) is 10.1 Å². The molecule has 0 spiro atoms. The van der Waals surface area contributed by atoms with Crippen molar-refractivity contribution in [3.63, 3.8) is 0 Å². The molecule has 0 aromatic heterocycles. The Bertz CT molecular complexity index is 963. The fraction of sp³-hybridized carbons (Fsp3) is 0.0500. The average molecular weight is 399 g/mol. The highest BCUT2D eigenvalue weighted by atomic mass is 32.2. The molecular weight excluding hydrogens is 380 g/mol. The highest BCUT2D eigenvalue weighted by Crippen LogP contribution is 2.26. The first-order valence-electron chi connectivity index (χ1n) is 7.97. The van der Waals surface area contributed by atoms with E-state index in [1.807, 2.05) is 60.7 Å². The fourth-order valence-electron chi connectivity index (χ4n) is 2.43. The lowest BCUT2D eigenvalue weighted by atomic mass is 9.92. The first kappa shape index (κ1) is 20.6. The summed E-state index contributed by atoms with van der Waals surface area (Å²) in [6.07, 6.45) is 0. The van der Waals surface area contributed by atoms with Crippen LogP contribution in [0.4, 0.5) is 0 Å². The van der Waals surface area contributed by atoms with E-state index in [2.05, 4.69) is 17.4 Å². The molecule has 0 bridgehead atoms. The van der Waals surface area contributed by atoms with Gasteiger partial charge in [-0.05, 0) is 23.3 Å². The zero-order chi connectivity index (χ0) is 19.7. The van der Waals surface area contributed by atoms with Gasteiger partial charge in [0, 0.05) is 0 Å². The second-order valence-electron chi connectivity index (χ2n) is 5.50. The van der Waals surface area contributed by atoms with Crippen LogP contribution in [-0.4, -0.2) is 22.8 Å². The maximum Gasteiger partial charge on any atom is 0.334 e. The predicted molar refractivity (Wildman–Crippen MR) is 109 cm³/mol. The molecule has 3 aromatic carbocycles. The smallest absolute Gasteiger partial charge is 0.334 e. The standard InChI is InChI=1S/C14H12N2S.C6H6O3S/c15-16-14(17)13(11-7-3-1-4-8-11)12-9-5-2-6-10-12;7-10(8,9)6-4-2-1-3-5-6/h1-10,13,17H;1-5H,(H,7,8,9). The predicted octanol–water partition coefficient (Wildman–Crippen LogP) is 4.31. The third kappa shape index (κ3) is 6.20. The van der Waals surface area contributed by atoms with E-state index in [0.29, 0.717) is 5.04 Å². The Balaban J connectivity index is 0.000000223. The minimum Gasteiger partial charge on any atom is -0.361 e. The van der Waals surface area contributed by atoms with Gasteiger partial charge >= 0.3 is 5.04 Å². The van der Waals surface area contributed by atoms with Gasteiger partial charge in [0.05, 0.1) is 4.90 Å². The van der Waals surface area contributed by atoms with Crippen molar-refractivity contribution in [2.45, 2.75) is 10.8 Å². The number of nitrogens with zero attached hydrogens (tertiary/aromatic N) is 2. The molecule has 7 heteroatoms. The van der Waals surface area contributed by atoms with Crippen LogP contribution in [0.5, 0.6) is 0 Å². The van der Waals surface area contributed by atoms with Gasteiger partial charge in [-0.2, -0.15) is 13.2 Å². The van der Waals surface area contributed by atoms with Crippen molar-refractivity contribution in [3.8, 4) is 0 Å². The fourth-order valence-corrected chi connectivity index (χ4v) is 3.23. The molecule has 0 amide bonds. The SMILES string of the molecule is O=S(=O)(O)c1ccccc1.[N-]=[N+]=C(S)C(c1ccccc1)c1ccccc1. The summed E-state index contributed by atoms with van der Waals surface area (Å²) < 4.78 is 29.2. The average Bonchev–Trinajstić information content (AvgIpc) is 2.70. The van der Waals surface area contributed by atoms with Gasteiger partial charge in [0.1, 0.15) is 5.92 Å². The van der Waals surface area contributed by atoms with E-state index in [9.17, 15) is 8.42 Å². The lowest BCUT2D eigenvalue weighted by Gasteiger charge is -2.11. The van der Waals surface area contributed by atoms with Crippen LogP contribution < -0.4 is 0 Å². The molecule has 1 N–H and O–H groups in total. The molecule has 0 saturated heterocycles. The van der Waals surface area contributed by atoms with Crippen LogP contribution in [0.3, 0.4) is 0 Å². The lowest BCUT2D eigenvalue weighted by Crippen LogP contribution is -2.09. The minimum absolute atomic E-state index is 0.0741. The largest absolute Gasteiger partial charge is 0.361 e. The zero-order valence-corrected chi connectivity index (χ0v) is 16.0. The summed E-state index contributed by atoms with van der Waals surface area (Å²) in [7, 11) is -4.00. The summed E-state index contributed by atoms with van der Waals surface area (Å²) in [6, 6.07) is 27.2. The van der Waals surface area contributed by atoms with Gasteiger partial charge in [-0.25, -0.2) is 0 Å². The molecule has 0 fully saturated rings. The Morgan fingerprint density at radius 1 is 0.815 bits per heavy atom. The molecule has 0 saturated carbocycles. The van der Waals surface area contributed by atoms with Gasteiger partial charge in [-0.3, -0.25) is 4.55 Å². The number of rotatable bonds is 4. The molecular formula is C20H18N2O3S2. The van der Waals surface area contributed by atoms with Crippen LogP contribution in [0, 0.1) is 0 Å². The van der Waals surface area contributed by atoms with E-state index in [0.717, 1.165) is 11.1 Å². The molecule has 0 aliphatic carbocycles. The highest BCUT2D eigenvalue weighted by Gasteiger charge is 2.23. The first-order valence-corrected chi connectivity index (χ1v) is 9.85. The van der Waals surface area contributed by atoms with Crippen molar-refractivity contribution >= 4 is 27.8 Å². The van der Waals surface area contributed by atoms with Crippen LogP contribution in [0.15, 0.2) is 95.9 Å². The summed E-state index contributed by atoms with van der Waals surface area (Å²) in [5, 5.41) is 0.391. The van der Waals surface area contributed by atoms with Gasteiger partial charge in [-0.15, -0.1) is 0 Å². The summed E-state index contributed by atoms with van der Waals surface area (Å²) in [4.78, 5) is 3.15.